The first-order chi connectivity index (χ1) is 11.8. The Morgan fingerprint density at radius 1 is 1.32 bits per heavy atom. The third kappa shape index (κ3) is 4.68. The Hall–Kier alpha value is -1.71. The van der Waals surface area contributed by atoms with Crippen LogP contribution in [0.4, 0.5) is 5.13 Å². The summed E-state index contributed by atoms with van der Waals surface area (Å²) in [5.74, 6) is 0.199. The monoisotopic (exact) mass is 402 g/mol. The fourth-order valence-electron chi connectivity index (χ4n) is 2.24. The quantitative estimate of drug-likeness (QED) is 0.768. The molecular formula is C15H19ClN4O3S2. The SMILES string of the molecule is CCN(CC)C(=O)Cc1nsc(NS(=O)(=O)c2cccc(Cl)c2C)n1. The molecule has 0 atom stereocenters. The maximum absolute atomic E-state index is 12.5. The van der Waals surface area contributed by atoms with E-state index in [1.54, 1.807) is 24.0 Å². The fraction of sp³-hybridized carbons (Fsp3) is 0.400. The average Bonchev–Trinajstić information content (AvgIpc) is 2.97. The summed E-state index contributed by atoms with van der Waals surface area (Å²) in [5, 5.41) is 0.479. The van der Waals surface area contributed by atoms with Gasteiger partial charge in [-0.15, -0.1) is 0 Å². The molecule has 0 spiro atoms. The van der Waals surface area contributed by atoms with E-state index in [1.165, 1.54) is 6.07 Å². The van der Waals surface area contributed by atoms with Crippen LogP contribution in [0.2, 0.25) is 5.02 Å². The van der Waals surface area contributed by atoms with Crippen molar-refractivity contribution >= 4 is 44.2 Å². The molecule has 0 saturated carbocycles. The average molecular weight is 403 g/mol. The van der Waals surface area contributed by atoms with E-state index in [9.17, 15) is 13.2 Å². The van der Waals surface area contributed by atoms with Crippen molar-refractivity contribution in [1.82, 2.24) is 14.3 Å². The summed E-state index contributed by atoms with van der Waals surface area (Å²) in [6.45, 7) is 6.62. The number of hydrogen-bond donors (Lipinski definition) is 1. The van der Waals surface area contributed by atoms with Crippen LogP contribution >= 0.6 is 23.1 Å². The molecule has 1 N–H and O–H groups in total. The van der Waals surface area contributed by atoms with Crippen LogP contribution < -0.4 is 4.72 Å². The Morgan fingerprint density at radius 2 is 2.00 bits per heavy atom. The maximum Gasteiger partial charge on any atom is 0.264 e. The Kier molecular flexibility index (Phi) is 6.36. The first-order valence-corrected chi connectivity index (χ1v) is 10.3. The van der Waals surface area contributed by atoms with Crippen molar-refractivity contribution < 1.29 is 13.2 Å². The zero-order valence-corrected chi connectivity index (χ0v) is 16.5. The van der Waals surface area contributed by atoms with Crippen LogP contribution in [-0.4, -0.2) is 41.7 Å². The third-order valence-corrected chi connectivity index (χ3v) is 6.31. The van der Waals surface area contributed by atoms with Crippen molar-refractivity contribution in [3.63, 3.8) is 0 Å². The minimum atomic E-state index is -3.83. The van der Waals surface area contributed by atoms with Gasteiger partial charge in [-0.3, -0.25) is 9.52 Å². The summed E-state index contributed by atoms with van der Waals surface area (Å²) in [4.78, 5) is 17.9. The number of carbonyl (C=O) groups is 1. The van der Waals surface area contributed by atoms with E-state index in [-0.39, 0.29) is 22.4 Å². The van der Waals surface area contributed by atoms with Gasteiger partial charge in [-0.25, -0.2) is 13.4 Å². The molecule has 1 amide bonds. The standard InChI is InChI=1S/C15H19ClN4O3S2/c1-4-20(5-2)14(21)9-13-17-15(24-18-13)19-25(22,23)12-8-6-7-11(16)10(12)3/h6-8H,4-5,9H2,1-3H3,(H,17,18,19). The lowest BCUT2D eigenvalue weighted by Gasteiger charge is -2.17. The van der Waals surface area contributed by atoms with E-state index in [0.29, 0.717) is 29.5 Å². The molecule has 7 nitrogen and oxygen atoms in total. The maximum atomic E-state index is 12.5. The smallest absolute Gasteiger partial charge is 0.264 e. The second-order valence-electron chi connectivity index (χ2n) is 5.23. The zero-order valence-electron chi connectivity index (χ0n) is 14.1. The molecule has 10 heteroatoms. The lowest BCUT2D eigenvalue weighted by molar-refractivity contribution is -0.130. The number of anilines is 1. The minimum absolute atomic E-state index is 0.0378. The zero-order chi connectivity index (χ0) is 18.6. The highest BCUT2D eigenvalue weighted by Crippen LogP contribution is 2.25. The Balaban J connectivity index is 2.15. The molecule has 25 heavy (non-hydrogen) atoms. The predicted molar refractivity (Wildman–Crippen MR) is 98.5 cm³/mol. The van der Waals surface area contributed by atoms with Gasteiger partial charge in [0.25, 0.3) is 10.0 Å². The van der Waals surface area contributed by atoms with E-state index >= 15 is 0 Å². The van der Waals surface area contributed by atoms with Crippen LogP contribution in [0.1, 0.15) is 25.2 Å². The van der Waals surface area contributed by atoms with Gasteiger partial charge in [-0.05, 0) is 38.5 Å². The highest BCUT2D eigenvalue weighted by molar-refractivity contribution is 7.93. The number of hydrogen-bond acceptors (Lipinski definition) is 6. The van der Waals surface area contributed by atoms with Gasteiger partial charge in [-0.2, -0.15) is 4.37 Å². The lowest BCUT2D eigenvalue weighted by Crippen LogP contribution is -2.32. The summed E-state index contributed by atoms with van der Waals surface area (Å²) in [5.41, 5.74) is 0.457. The van der Waals surface area contributed by atoms with E-state index < -0.39 is 10.0 Å². The molecule has 0 bridgehead atoms. The fourth-order valence-corrected chi connectivity index (χ4v) is 4.55. The minimum Gasteiger partial charge on any atom is -0.343 e. The van der Waals surface area contributed by atoms with Gasteiger partial charge < -0.3 is 4.90 Å². The molecule has 0 unspecified atom stereocenters. The van der Waals surface area contributed by atoms with Crippen molar-refractivity contribution in [3.05, 3.63) is 34.6 Å². The van der Waals surface area contributed by atoms with Gasteiger partial charge >= 0.3 is 0 Å². The Labute approximate surface area is 156 Å². The molecule has 0 saturated heterocycles. The molecule has 0 aliphatic carbocycles. The summed E-state index contributed by atoms with van der Waals surface area (Å²) in [6.07, 6.45) is 0.0378. The van der Waals surface area contributed by atoms with Crippen LogP contribution in [0.15, 0.2) is 23.1 Å². The van der Waals surface area contributed by atoms with Gasteiger partial charge in [0.15, 0.2) is 5.82 Å². The highest BCUT2D eigenvalue weighted by atomic mass is 35.5. The predicted octanol–water partition coefficient (Wildman–Crippen LogP) is 2.71. The van der Waals surface area contributed by atoms with Crippen LogP contribution in [0.25, 0.3) is 0 Å². The molecule has 0 radical (unpaired) electrons. The number of aromatic nitrogens is 2. The number of nitrogens with one attached hydrogen (secondary N) is 1. The van der Waals surface area contributed by atoms with Crippen LogP contribution in [0.5, 0.6) is 0 Å². The van der Waals surface area contributed by atoms with Gasteiger partial charge in [0.05, 0.1) is 11.3 Å². The van der Waals surface area contributed by atoms with Gasteiger partial charge in [0, 0.05) is 29.6 Å². The van der Waals surface area contributed by atoms with Crippen molar-refractivity contribution in [1.29, 1.82) is 0 Å². The Bertz CT molecular complexity index is 863. The largest absolute Gasteiger partial charge is 0.343 e. The third-order valence-electron chi connectivity index (χ3n) is 3.62. The number of halogens is 1. The molecular weight excluding hydrogens is 384 g/mol. The summed E-state index contributed by atoms with van der Waals surface area (Å²) in [7, 11) is -3.83. The van der Waals surface area contributed by atoms with Crippen molar-refractivity contribution in [2.45, 2.75) is 32.1 Å². The van der Waals surface area contributed by atoms with Crippen molar-refractivity contribution in [3.8, 4) is 0 Å². The summed E-state index contributed by atoms with van der Waals surface area (Å²) in [6, 6.07) is 4.66. The van der Waals surface area contributed by atoms with Gasteiger partial charge in [-0.1, -0.05) is 17.7 Å². The molecule has 1 aromatic carbocycles. The topological polar surface area (TPSA) is 92.3 Å². The van der Waals surface area contributed by atoms with Gasteiger partial charge in [0.2, 0.25) is 11.0 Å². The number of benzene rings is 1. The van der Waals surface area contributed by atoms with E-state index in [0.717, 1.165) is 11.5 Å². The normalized spacial score (nSPS) is 11.4. The second-order valence-corrected chi connectivity index (χ2v) is 8.04. The molecule has 0 aliphatic rings. The molecule has 1 heterocycles. The van der Waals surface area contributed by atoms with Gasteiger partial charge in [0.1, 0.15) is 0 Å². The Morgan fingerprint density at radius 3 is 2.64 bits per heavy atom. The van der Waals surface area contributed by atoms with Crippen LogP contribution in [0.3, 0.4) is 0 Å². The van der Waals surface area contributed by atoms with Crippen molar-refractivity contribution in [2.24, 2.45) is 0 Å². The molecule has 0 aliphatic heterocycles. The number of rotatable bonds is 7. The number of sulfonamides is 1. The number of amides is 1. The molecule has 1 aromatic heterocycles. The summed E-state index contributed by atoms with van der Waals surface area (Å²) >= 11 is 6.88. The molecule has 0 fully saturated rings. The first-order valence-electron chi connectivity index (χ1n) is 7.66. The number of likely N-dealkylation sites (N-methyl/N-ethyl adjacent to an activating group) is 1. The van der Waals surface area contributed by atoms with E-state index in [4.69, 9.17) is 11.6 Å². The summed E-state index contributed by atoms with van der Waals surface area (Å²) < 4.78 is 31.4. The van der Waals surface area contributed by atoms with E-state index in [2.05, 4.69) is 14.1 Å². The van der Waals surface area contributed by atoms with Crippen LogP contribution in [-0.2, 0) is 21.2 Å². The second kappa shape index (κ2) is 8.11. The first kappa shape index (κ1) is 19.6. The number of carbonyl (C=O) groups excluding carboxylic acids is 1. The van der Waals surface area contributed by atoms with E-state index in [1.807, 2.05) is 13.8 Å². The highest BCUT2D eigenvalue weighted by Gasteiger charge is 2.21. The number of nitrogens with zero attached hydrogens (tertiary/aromatic N) is 3. The van der Waals surface area contributed by atoms with Crippen molar-refractivity contribution in [2.75, 3.05) is 17.8 Å². The lowest BCUT2D eigenvalue weighted by atomic mass is 10.2. The molecule has 136 valence electrons. The molecule has 2 rings (SSSR count). The molecule has 2 aromatic rings. The van der Waals surface area contributed by atoms with Crippen LogP contribution in [0, 0.1) is 6.92 Å².